The van der Waals surface area contributed by atoms with Crippen molar-refractivity contribution < 1.29 is 0 Å². The Kier molecular flexibility index (Phi) is 14.8. The van der Waals surface area contributed by atoms with Crippen LogP contribution in [0.25, 0.3) is 156 Å². The van der Waals surface area contributed by atoms with E-state index < -0.39 is 0 Å². The van der Waals surface area contributed by atoms with Gasteiger partial charge in [-0.2, -0.15) is 0 Å². The van der Waals surface area contributed by atoms with Crippen LogP contribution in [0.2, 0.25) is 0 Å². The van der Waals surface area contributed by atoms with E-state index in [0.29, 0.717) is 92.4 Å². The normalized spacial score (nSPS) is 11.2. The molecule has 0 aliphatic carbocycles. The first-order valence-corrected chi connectivity index (χ1v) is 30.4. The average Bonchev–Trinajstić information content (AvgIpc) is 1.58. The molecule has 10 aromatic carbocycles. The Morgan fingerprint density at radius 2 is 0.574 bits per heavy atom. The lowest BCUT2D eigenvalue weighted by Crippen LogP contribution is -2.01. The minimum absolute atomic E-state index is 0.465. The van der Waals surface area contributed by atoms with Gasteiger partial charge in [-0.1, -0.05) is 194 Å². The van der Waals surface area contributed by atoms with Gasteiger partial charge in [-0.05, 0) is 76.2 Å². The highest BCUT2D eigenvalue weighted by atomic mass is 15.1. The number of aromatic nitrogens is 14. The van der Waals surface area contributed by atoms with Crippen LogP contribution < -0.4 is 0 Å². The summed E-state index contributed by atoms with van der Waals surface area (Å²) in [5, 5.41) is 4.40. The van der Waals surface area contributed by atoms with Crippen molar-refractivity contribution in [1.82, 2.24) is 68.9 Å². The molecular weight excluding hydrogens is 1160 g/mol. The number of para-hydroxylation sites is 2. The smallest absolute Gasteiger partial charge is 0.200 e. The average molecular weight is 1210 g/mol. The van der Waals surface area contributed by atoms with E-state index in [9.17, 15) is 0 Å². The van der Waals surface area contributed by atoms with Gasteiger partial charge in [-0.25, -0.2) is 69.5 Å². The van der Waals surface area contributed by atoms with Crippen molar-refractivity contribution in [2.45, 2.75) is 27.7 Å². The van der Waals surface area contributed by atoms with Crippen molar-refractivity contribution in [2.75, 3.05) is 0 Å². The van der Waals surface area contributed by atoms with Crippen molar-refractivity contribution in [3.05, 3.63) is 289 Å². The largest absolute Gasteiger partial charge is 0.310 e. The molecule has 0 saturated carbocycles. The van der Waals surface area contributed by atoms with E-state index in [1.54, 1.807) is 0 Å². The standard InChI is InChI=1S/2C39H26N8/c1-24-41-25(2)43-39(42-24)32-23-29(19-21-33(32)40-3)47-34-17-11-10-16-30(34)31-20-18-28(22-35(31)47)38-45-36(26-12-6-4-7-13-26)44-37(46-38)27-14-8-5-9-15-27;1-24-41-25(2)43-39(42-24)32-21-19-29(23-33(32)40-3)47-34-17-11-10-16-30(34)31-20-18-28(22-35(31)47)38-45-36(26-12-6-4-7-13-26)44-37(46-38)27-14-8-5-9-15-27/h2*4-23H,1-2H3. The summed E-state index contributed by atoms with van der Waals surface area (Å²) in [4.78, 5) is 64.1. The van der Waals surface area contributed by atoms with E-state index >= 15 is 0 Å². The fraction of sp³-hybridized carbons (Fsp3) is 0.0513. The predicted molar refractivity (Wildman–Crippen MR) is 370 cm³/mol. The molecule has 0 bridgehead atoms. The summed E-state index contributed by atoms with van der Waals surface area (Å²) in [5.74, 6) is 7.02. The number of hydrogen-bond donors (Lipinski definition) is 0. The van der Waals surface area contributed by atoms with Gasteiger partial charge in [0.2, 0.25) is 0 Å². The maximum atomic E-state index is 8.04. The van der Waals surface area contributed by atoms with Gasteiger partial charge in [0, 0.05) is 77.4 Å². The molecule has 0 spiro atoms. The van der Waals surface area contributed by atoms with Crippen molar-refractivity contribution in [3.63, 3.8) is 0 Å². The number of nitrogens with zero attached hydrogens (tertiary/aromatic N) is 16. The van der Waals surface area contributed by atoms with Crippen LogP contribution in [0.4, 0.5) is 11.4 Å². The van der Waals surface area contributed by atoms with Crippen molar-refractivity contribution >= 4 is 55.0 Å². The maximum absolute atomic E-state index is 8.04. The SMILES string of the molecule is [C-]#[N+]c1cc(-n2c3ccccc3c3ccc(-c4nc(-c5ccccc5)nc(-c5ccccc5)n4)cc32)ccc1-c1nc(C)nc(C)n1.[C-]#[N+]c1ccc(-n2c3ccccc3c3ccc(-c4nc(-c5ccccc5)nc(-c5ccccc5)n4)cc32)cc1-c1nc(C)nc(C)n1. The zero-order chi connectivity index (χ0) is 63.8. The summed E-state index contributed by atoms with van der Waals surface area (Å²) in [7, 11) is 0. The summed E-state index contributed by atoms with van der Waals surface area (Å²) < 4.78 is 4.40. The highest BCUT2D eigenvalue weighted by Gasteiger charge is 2.22. The Morgan fingerprint density at radius 3 is 0.968 bits per heavy atom. The van der Waals surface area contributed by atoms with E-state index in [1.165, 1.54) is 0 Å². The van der Waals surface area contributed by atoms with Crippen LogP contribution in [0.5, 0.6) is 0 Å². The van der Waals surface area contributed by atoms with Crippen molar-refractivity contribution in [2.24, 2.45) is 0 Å². The molecule has 6 heterocycles. The van der Waals surface area contributed by atoms with Crippen LogP contribution in [0, 0.1) is 40.8 Å². The molecule has 16 nitrogen and oxygen atoms in total. The highest BCUT2D eigenvalue weighted by Crippen LogP contribution is 2.41. The minimum Gasteiger partial charge on any atom is -0.310 e. The molecule has 0 unspecified atom stereocenters. The third-order valence-electron chi connectivity index (χ3n) is 16.2. The molecule has 0 amide bonds. The van der Waals surface area contributed by atoms with E-state index in [-0.39, 0.29) is 0 Å². The van der Waals surface area contributed by atoms with Crippen LogP contribution in [-0.2, 0) is 0 Å². The third kappa shape index (κ3) is 10.9. The second-order valence-electron chi connectivity index (χ2n) is 22.4. The summed E-state index contributed by atoms with van der Waals surface area (Å²) in [6.07, 6.45) is 0. The molecular formula is C78H52N16. The number of rotatable bonds is 10. The Balaban J connectivity index is 0.000000155. The molecule has 0 aliphatic rings. The van der Waals surface area contributed by atoms with Crippen LogP contribution in [0.1, 0.15) is 23.3 Å². The molecule has 0 fully saturated rings. The van der Waals surface area contributed by atoms with E-state index in [0.717, 1.165) is 88.4 Å². The third-order valence-corrected chi connectivity index (χ3v) is 16.2. The fourth-order valence-corrected chi connectivity index (χ4v) is 12.0. The lowest BCUT2D eigenvalue weighted by molar-refractivity contribution is 0.928. The Morgan fingerprint density at radius 1 is 0.245 bits per heavy atom. The van der Waals surface area contributed by atoms with Gasteiger partial charge in [0.05, 0.1) is 35.2 Å². The summed E-state index contributed by atoms with van der Waals surface area (Å²) in [5.41, 5.74) is 13.4. The number of hydrogen-bond acceptors (Lipinski definition) is 12. The maximum Gasteiger partial charge on any atom is 0.200 e. The molecule has 0 aliphatic heterocycles. The van der Waals surface area contributed by atoms with E-state index in [1.807, 2.05) is 210 Å². The Bertz CT molecular complexity index is 5540. The first kappa shape index (κ1) is 57.3. The van der Waals surface area contributed by atoms with Crippen molar-refractivity contribution in [1.29, 1.82) is 0 Å². The van der Waals surface area contributed by atoms with E-state index in [2.05, 4.69) is 109 Å². The van der Waals surface area contributed by atoms with Crippen LogP contribution in [0.3, 0.4) is 0 Å². The quantitative estimate of drug-likeness (QED) is 0.119. The van der Waals surface area contributed by atoms with Gasteiger partial charge < -0.3 is 9.13 Å². The van der Waals surface area contributed by atoms with Gasteiger partial charge >= 0.3 is 0 Å². The van der Waals surface area contributed by atoms with E-state index in [4.69, 9.17) is 43.0 Å². The zero-order valence-corrected chi connectivity index (χ0v) is 51.2. The second kappa shape index (κ2) is 24.3. The number of fused-ring (bicyclic) bond motifs is 6. The molecule has 16 rings (SSSR count). The lowest BCUT2D eigenvalue weighted by Gasteiger charge is -2.12. The molecule has 16 heteroatoms. The van der Waals surface area contributed by atoms with Crippen molar-refractivity contribution in [3.8, 4) is 102 Å². The van der Waals surface area contributed by atoms with Gasteiger partial charge in [-0.3, -0.25) is 0 Å². The lowest BCUT2D eigenvalue weighted by atomic mass is 10.1. The minimum atomic E-state index is 0.465. The molecule has 0 atom stereocenters. The first-order chi connectivity index (χ1) is 46.1. The summed E-state index contributed by atoms with van der Waals surface area (Å²) in [6.45, 7) is 23.2. The number of benzene rings is 10. The molecule has 444 valence electrons. The molecule has 94 heavy (non-hydrogen) atoms. The second-order valence-corrected chi connectivity index (χ2v) is 22.4. The van der Waals surface area contributed by atoms with Crippen LogP contribution in [0.15, 0.2) is 243 Å². The molecule has 0 saturated heterocycles. The van der Waals surface area contributed by atoms with Crippen LogP contribution >= 0.6 is 0 Å². The first-order valence-electron chi connectivity index (χ1n) is 30.4. The van der Waals surface area contributed by atoms with Gasteiger partial charge in [0.1, 0.15) is 23.3 Å². The summed E-state index contributed by atoms with van der Waals surface area (Å²) >= 11 is 0. The monoisotopic (exact) mass is 1210 g/mol. The van der Waals surface area contributed by atoms with Gasteiger partial charge in [-0.15, -0.1) is 0 Å². The van der Waals surface area contributed by atoms with Crippen LogP contribution in [-0.4, -0.2) is 68.9 Å². The van der Waals surface area contributed by atoms with Gasteiger partial charge in [0.25, 0.3) is 0 Å². The topological polar surface area (TPSA) is 173 Å². The fourth-order valence-electron chi connectivity index (χ4n) is 12.0. The highest BCUT2D eigenvalue weighted by molar-refractivity contribution is 6.11. The summed E-state index contributed by atoms with van der Waals surface area (Å²) in [6, 6.07) is 80.8. The molecule has 16 aromatic rings. The zero-order valence-electron chi connectivity index (χ0n) is 51.2. The molecule has 0 radical (unpaired) electrons. The predicted octanol–water partition coefficient (Wildman–Crippen LogP) is 18.0. The molecule has 0 N–H and O–H groups in total. The molecule has 6 aromatic heterocycles. The Labute approximate surface area is 540 Å². The number of aryl methyl sites for hydroxylation is 4. The Hall–Kier alpha value is -13.2. The van der Waals surface area contributed by atoms with Gasteiger partial charge in [0.15, 0.2) is 58.0 Å².